The maximum absolute atomic E-state index is 13.1. The molecule has 100 valence electrons. The Balaban J connectivity index is 2.25. The summed E-state index contributed by atoms with van der Waals surface area (Å²) in [5.74, 6) is -1.27. The Kier molecular flexibility index (Phi) is 3.80. The van der Waals surface area contributed by atoms with Crippen molar-refractivity contribution < 1.29 is 18.2 Å². The van der Waals surface area contributed by atoms with Crippen LogP contribution in [0.2, 0.25) is 5.15 Å². The van der Waals surface area contributed by atoms with E-state index in [0.717, 1.165) is 30.7 Å². The van der Waals surface area contributed by atoms with Gasteiger partial charge in [-0.15, -0.1) is 0 Å². The van der Waals surface area contributed by atoms with Crippen molar-refractivity contribution in [2.45, 2.75) is 13.0 Å². The van der Waals surface area contributed by atoms with E-state index < -0.39 is 17.7 Å². The van der Waals surface area contributed by atoms with Gasteiger partial charge in [-0.1, -0.05) is 11.6 Å². The summed E-state index contributed by atoms with van der Waals surface area (Å²) in [7, 11) is 0. The molecule has 0 aliphatic rings. The molecule has 0 N–H and O–H groups in total. The summed E-state index contributed by atoms with van der Waals surface area (Å²) >= 11 is 5.75. The second-order valence-electron chi connectivity index (χ2n) is 3.85. The molecule has 0 saturated heterocycles. The minimum Gasteiger partial charge on any atom is -0.619 e. The van der Waals surface area contributed by atoms with Gasteiger partial charge < -0.3 is 9.94 Å². The minimum atomic E-state index is -0.689. The summed E-state index contributed by atoms with van der Waals surface area (Å²) in [6, 6.07) is 2.22. The largest absolute Gasteiger partial charge is 0.619 e. The predicted octanol–water partition coefficient (Wildman–Crippen LogP) is 2.79. The zero-order valence-corrected chi connectivity index (χ0v) is 10.6. The average molecular weight is 287 g/mol. The Morgan fingerprint density at radius 2 is 2.05 bits per heavy atom. The van der Waals surface area contributed by atoms with Crippen molar-refractivity contribution in [3.05, 3.63) is 58.3 Å². The van der Waals surface area contributed by atoms with Crippen LogP contribution in [0.4, 0.5) is 8.78 Å². The second kappa shape index (κ2) is 5.36. The van der Waals surface area contributed by atoms with E-state index in [1.165, 1.54) is 0 Å². The molecular weight excluding hydrogens is 278 g/mol. The molecule has 1 unspecified atom stereocenters. The fraction of sp³-hybridized carbons (Fsp3) is 0.167. The third-order valence-corrected chi connectivity index (χ3v) is 2.66. The van der Waals surface area contributed by atoms with Gasteiger partial charge in [-0.25, -0.2) is 13.8 Å². The number of halogens is 3. The van der Waals surface area contributed by atoms with Gasteiger partial charge in [0, 0.05) is 6.07 Å². The molecule has 7 heteroatoms. The van der Waals surface area contributed by atoms with Crippen LogP contribution in [0.25, 0.3) is 0 Å². The molecule has 1 atom stereocenters. The zero-order chi connectivity index (χ0) is 14.0. The van der Waals surface area contributed by atoms with E-state index in [-0.39, 0.29) is 10.9 Å². The Bertz CT molecular complexity index is 590. The van der Waals surface area contributed by atoms with Gasteiger partial charge >= 0.3 is 0 Å². The maximum atomic E-state index is 13.1. The molecule has 0 radical (unpaired) electrons. The Hall–Kier alpha value is -1.95. The van der Waals surface area contributed by atoms with Crippen LogP contribution < -0.4 is 9.47 Å². The van der Waals surface area contributed by atoms with E-state index >= 15 is 0 Å². The highest BCUT2D eigenvalue weighted by atomic mass is 35.5. The SMILES string of the molecule is CC(Oc1cc(F)cnc1Cl)c1cc(F)c[n+]([O-])c1. The third kappa shape index (κ3) is 3.29. The first-order chi connectivity index (χ1) is 8.95. The van der Waals surface area contributed by atoms with Crippen molar-refractivity contribution in [3.8, 4) is 5.75 Å². The zero-order valence-electron chi connectivity index (χ0n) is 9.81. The molecule has 19 heavy (non-hydrogen) atoms. The van der Waals surface area contributed by atoms with Crippen molar-refractivity contribution in [3.63, 3.8) is 0 Å². The number of aromatic nitrogens is 2. The van der Waals surface area contributed by atoms with Gasteiger partial charge in [0.05, 0.1) is 11.8 Å². The van der Waals surface area contributed by atoms with Crippen LogP contribution in [0.15, 0.2) is 30.7 Å². The molecule has 0 saturated carbocycles. The first-order valence-corrected chi connectivity index (χ1v) is 5.70. The van der Waals surface area contributed by atoms with Gasteiger partial charge in [0.2, 0.25) is 6.20 Å². The van der Waals surface area contributed by atoms with Gasteiger partial charge in [-0.3, -0.25) is 0 Å². The first kappa shape index (κ1) is 13.5. The summed E-state index contributed by atoms with van der Waals surface area (Å²) in [5.41, 5.74) is 0.301. The molecule has 2 rings (SSSR count). The highest BCUT2D eigenvalue weighted by molar-refractivity contribution is 6.30. The van der Waals surface area contributed by atoms with Gasteiger partial charge in [0.1, 0.15) is 11.9 Å². The molecule has 4 nitrogen and oxygen atoms in total. The van der Waals surface area contributed by atoms with Crippen LogP contribution in [0.5, 0.6) is 5.75 Å². The summed E-state index contributed by atoms with van der Waals surface area (Å²) in [6.07, 6.45) is 2.21. The van der Waals surface area contributed by atoms with Gasteiger partial charge in [0.15, 0.2) is 22.9 Å². The maximum Gasteiger partial charge on any atom is 0.216 e. The van der Waals surface area contributed by atoms with Crippen LogP contribution in [-0.4, -0.2) is 4.98 Å². The van der Waals surface area contributed by atoms with Crippen LogP contribution in [0.1, 0.15) is 18.6 Å². The number of pyridine rings is 2. The van der Waals surface area contributed by atoms with E-state index in [4.69, 9.17) is 16.3 Å². The lowest BCUT2D eigenvalue weighted by Gasteiger charge is -2.15. The van der Waals surface area contributed by atoms with Crippen LogP contribution >= 0.6 is 11.6 Å². The molecule has 0 aliphatic carbocycles. The molecule has 0 bridgehead atoms. The van der Waals surface area contributed by atoms with E-state index in [2.05, 4.69) is 4.98 Å². The minimum absolute atomic E-state index is 0.0142. The van der Waals surface area contributed by atoms with Gasteiger partial charge in [-0.2, -0.15) is 4.73 Å². The number of ether oxygens (including phenoxy) is 1. The third-order valence-electron chi connectivity index (χ3n) is 2.38. The Labute approximate surface area is 112 Å². The summed E-state index contributed by atoms with van der Waals surface area (Å²) < 4.78 is 31.8. The molecule has 0 amide bonds. The van der Waals surface area contributed by atoms with Crippen molar-refractivity contribution in [2.24, 2.45) is 0 Å². The number of rotatable bonds is 3. The highest BCUT2D eigenvalue weighted by Crippen LogP contribution is 2.27. The summed E-state index contributed by atoms with van der Waals surface area (Å²) in [5, 5.41) is 11.1. The number of hydrogen-bond acceptors (Lipinski definition) is 3. The van der Waals surface area contributed by atoms with Crippen LogP contribution in [-0.2, 0) is 0 Å². The van der Waals surface area contributed by atoms with Crippen molar-refractivity contribution >= 4 is 11.6 Å². The molecule has 2 heterocycles. The standard InChI is InChI=1S/C12H9ClF2N2O2/c1-7(8-2-10(15)6-17(18)5-8)19-11-3-9(14)4-16-12(11)13/h2-7H,1H3. The van der Waals surface area contributed by atoms with E-state index in [0.29, 0.717) is 10.3 Å². The van der Waals surface area contributed by atoms with Crippen molar-refractivity contribution in [1.82, 2.24) is 4.98 Å². The summed E-state index contributed by atoms with van der Waals surface area (Å²) in [4.78, 5) is 3.58. The van der Waals surface area contributed by atoms with Crippen LogP contribution in [0, 0.1) is 16.8 Å². The Morgan fingerprint density at radius 3 is 2.74 bits per heavy atom. The van der Waals surface area contributed by atoms with Gasteiger partial charge in [-0.05, 0) is 13.0 Å². The summed E-state index contributed by atoms with van der Waals surface area (Å²) in [6.45, 7) is 1.58. The topological polar surface area (TPSA) is 49.1 Å². The lowest BCUT2D eigenvalue weighted by Crippen LogP contribution is -2.27. The van der Waals surface area contributed by atoms with E-state index in [9.17, 15) is 14.0 Å². The Morgan fingerprint density at radius 1 is 1.32 bits per heavy atom. The molecule has 0 aliphatic heterocycles. The quantitative estimate of drug-likeness (QED) is 0.495. The van der Waals surface area contributed by atoms with Crippen molar-refractivity contribution in [2.75, 3.05) is 0 Å². The fourth-order valence-electron chi connectivity index (χ4n) is 1.51. The second-order valence-corrected chi connectivity index (χ2v) is 4.21. The molecular formula is C12H9ClF2N2O2. The normalized spacial score (nSPS) is 12.2. The number of hydrogen-bond donors (Lipinski definition) is 0. The fourth-order valence-corrected chi connectivity index (χ4v) is 1.65. The van der Waals surface area contributed by atoms with E-state index in [1.807, 2.05) is 0 Å². The molecule has 0 spiro atoms. The highest BCUT2D eigenvalue weighted by Gasteiger charge is 2.15. The van der Waals surface area contributed by atoms with E-state index in [1.54, 1.807) is 6.92 Å². The molecule has 2 aromatic rings. The van der Waals surface area contributed by atoms with Gasteiger partial charge in [0.25, 0.3) is 0 Å². The smallest absolute Gasteiger partial charge is 0.216 e. The molecule has 2 aromatic heterocycles. The monoisotopic (exact) mass is 286 g/mol. The lowest BCUT2D eigenvalue weighted by molar-refractivity contribution is -0.607. The van der Waals surface area contributed by atoms with Crippen molar-refractivity contribution in [1.29, 1.82) is 0 Å². The lowest BCUT2D eigenvalue weighted by atomic mass is 10.2. The molecule has 0 aromatic carbocycles. The molecule has 0 fully saturated rings. The van der Waals surface area contributed by atoms with Crippen LogP contribution in [0.3, 0.4) is 0 Å². The first-order valence-electron chi connectivity index (χ1n) is 5.32. The number of nitrogens with zero attached hydrogens (tertiary/aromatic N) is 2. The predicted molar refractivity (Wildman–Crippen MR) is 63.6 cm³/mol. The average Bonchev–Trinajstić information content (AvgIpc) is 2.32.